The number of thioether (sulfide) groups is 1. The third-order valence-corrected chi connectivity index (χ3v) is 8.99. The van der Waals surface area contributed by atoms with Crippen molar-refractivity contribution in [3.05, 3.63) is 51.7 Å². The van der Waals surface area contributed by atoms with Crippen molar-refractivity contribution < 1.29 is 23.8 Å². The van der Waals surface area contributed by atoms with E-state index >= 15 is 0 Å². The molecule has 1 aromatic carbocycles. The van der Waals surface area contributed by atoms with Crippen molar-refractivity contribution in [2.24, 2.45) is 5.92 Å². The second kappa shape index (κ2) is 9.88. The van der Waals surface area contributed by atoms with Crippen molar-refractivity contribution in [1.29, 1.82) is 0 Å². The van der Waals surface area contributed by atoms with Crippen LogP contribution in [-0.2, 0) is 32.8 Å². The quantitative estimate of drug-likeness (QED) is 0.380. The summed E-state index contributed by atoms with van der Waals surface area (Å²) in [6, 6.07) is 6.28. The number of aliphatic hydroxyl groups is 1. The van der Waals surface area contributed by atoms with Gasteiger partial charge in [-0.15, -0.1) is 11.3 Å². The summed E-state index contributed by atoms with van der Waals surface area (Å²) < 4.78 is 20.1. The molecule has 0 amide bonds. The minimum atomic E-state index is -0.909. The van der Waals surface area contributed by atoms with Gasteiger partial charge < -0.3 is 9.84 Å². The molecule has 2 heterocycles. The first-order valence-corrected chi connectivity index (χ1v) is 13.0. The molecule has 0 aliphatic carbocycles. The molecule has 180 valence electrons. The molecule has 1 aromatic heterocycles. The van der Waals surface area contributed by atoms with Gasteiger partial charge in [0, 0.05) is 11.3 Å². The molecule has 0 bridgehead atoms. The largest absolute Gasteiger partial charge is 0.457 e. The molecule has 2 atom stereocenters. The number of rotatable bonds is 7. The van der Waals surface area contributed by atoms with Crippen LogP contribution >= 0.6 is 23.1 Å². The Kier molecular flexibility index (Phi) is 7.76. The van der Waals surface area contributed by atoms with Gasteiger partial charge in [-0.3, -0.25) is 9.59 Å². The number of ether oxygens (including phenoxy) is 1. The molecule has 1 fully saturated rings. The molecule has 3 rings (SSSR count). The summed E-state index contributed by atoms with van der Waals surface area (Å²) in [5.41, 5.74) is 1.71. The van der Waals surface area contributed by atoms with Crippen LogP contribution in [0.25, 0.3) is 0 Å². The molecule has 2 unspecified atom stereocenters. The molecule has 1 aliphatic heterocycles. The minimum absolute atomic E-state index is 0.0353. The van der Waals surface area contributed by atoms with E-state index in [-0.39, 0.29) is 36.0 Å². The second-order valence-electron chi connectivity index (χ2n) is 10.1. The van der Waals surface area contributed by atoms with Crippen LogP contribution in [0, 0.1) is 18.7 Å². The first kappa shape index (κ1) is 25.9. The number of hydrogen-bond donors (Lipinski definition) is 1. The normalized spacial score (nSPS) is 21.5. The van der Waals surface area contributed by atoms with Crippen LogP contribution in [-0.4, -0.2) is 27.7 Å². The highest BCUT2D eigenvalue weighted by molar-refractivity contribution is 8.03. The lowest BCUT2D eigenvalue weighted by molar-refractivity contribution is -0.176. The fraction of sp³-hybridized carbons (Fsp3) is 0.538. The predicted molar refractivity (Wildman–Crippen MR) is 131 cm³/mol. The van der Waals surface area contributed by atoms with E-state index in [4.69, 9.17) is 4.74 Å². The lowest BCUT2D eigenvalue weighted by atomic mass is 9.78. The molecule has 1 N–H and O–H groups in total. The third-order valence-electron chi connectivity index (χ3n) is 6.40. The first-order valence-electron chi connectivity index (χ1n) is 11.3. The Morgan fingerprint density at radius 2 is 1.88 bits per heavy atom. The molecular formula is C26H33FO4S2. The monoisotopic (exact) mass is 492 g/mol. The summed E-state index contributed by atoms with van der Waals surface area (Å²) in [7, 11) is 0. The van der Waals surface area contributed by atoms with Gasteiger partial charge in [-0.05, 0) is 59.9 Å². The van der Waals surface area contributed by atoms with Crippen LogP contribution in [0.15, 0.2) is 28.5 Å². The van der Waals surface area contributed by atoms with Crippen LogP contribution in [0.2, 0.25) is 0 Å². The number of hydrogen-bond acceptors (Lipinski definition) is 6. The maximum absolute atomic E-state index is 13.3. The summed E-state index contributed by atoms with van der Waals surface area (Å²) in [6.45, 7) is 12.0. The van der Waals surface area contributed by atoms with E-state index in [9.17, 15) is 19.1 Å². The van der Waals surface area contributed by atoms with Gasteiger partial charge in [-0.25, -0.2) is 4.39 Å². The summed E-state index contributed by atoms with van der Waals surface area (Å²) in [5.74, 6) is -0.952. The van der Waals surface area contributed by atoms with Crippen LogP contribution in [0.5, 0.6) is 0 Å². The zero-order chi connectivity index (χ0) is 24.6. The summed E-state index contributed by atoms with van der Waals surface area (Å²) in [5, 5.41) is 8.99. The number of thiophene rings is 1. The van der Waals surface area contributed by atoms with Crippen molar-refractivity contribution in [1.82, 2.24) is 0 Å². The van der Waals surface area contributed by atoms with Crippen molar-refractivity contribution >= 4 is 34.9 Å². The van der Waals surface area contributed by atoms with Gasteiger partial charge in [0.05, 0.1) is 10.8 Å². The highest BCUT2D eigenvalue weighted by Crippen LogP contribution is 2.46. The smallest absolute Gasteiger partial charge is 0.327 e. The van der Waals surface area contributed by atoms with Crippen molar-refractivity contribution in [2.75, 3.05) is 0 Å². The standard InChI is InChI=1S/C26H33FO4S2/c1-15(2)26(12-11-17-7-9-18(27)10-8-17)13-20(29)22(23(30)31-26)33-24-21(25(4,5)6)19(14-28)16(3)32-24/h7-10,15,22,28H,11-14H2,1-6H3. The first-order chi connectivity index (χ1) is 15.4. The summed E-state index contributed by atoms with van der Waals surface area (Å²) in [6.07, 6.45) is 1.26. The van der Waals surface area contributed by atoms with E-state index in [0.29, 0.717) is 12.8 Å². The molecule has 1 aliphatic rings. The highest BCUT2D eigenvalue weighted by atomic mass is 32.2. The van der Waals surface area contributed by atoms with E-state index in [0.717, 1.165) is 25.8 Å². The lowest BCUT2D eigenvalue weighted by Gasteiger charge is -2.41. The fourth-order valence-corrected chi connectivity index (χ4v) is 7.45. The molecule has 0 radical (unpaired) electrons. The van der Waals surface area contributed by atoms with Gasteiger partial charge in [-0.2, -0.15) is 0 Å². The molecule has 33 heavy (non-hydrogen) atoms. The maximum atomic E-state index is 13.3. The van der Waals surface area contributed by atoms with Crippen LogP contribution in [0.4, 0.5) is 4.39 Å². The maximum Gasteiger partial charge on any atom is 0.327 e. The van der Waals surface area contributed by atoms with Gasteiger partial charge in [-0.1, -0.05) is 58.5 Å². The summed E-state index contributed by atoms with van der Waals surface area (Å²) >= 11 is 2.77. The number of carbonyl (C=O) groups is 2. The molecular weight excluding hydrogens is 459 g/mol. The summed E-state index contributed by atoms with van der Waals surface area (Å²) in [4.78, 5) is 27.4. The number of ketones is 1. The van der Waals surface area contributed by atoms with Gasteiger partial charge >= 0.3 is 5.97 Å². The van der Waals surface area contributed by atoms with Crippen LogP contribution in [0.3, 0.4) is 0 Å². The Bertz CT molecular complexity index is 1000. The van der Waals surface area contributed by atoms with E-state index < -0.39 is 16.8 Å². The third kappa shape index (κ3) is 5.52. The number of halogens is 1. The SMILES string of the molecule is Cc1sc(SC2C(=O)CC(CCc3ccc(F)cc3)(C(C)C)OC2=O)c(C(C)(C)C)c1CO. The number of carbonyl (C=O) groups excluding carboxylic acids is 2. The zero-order valence-corrected chi connectivity index (χ0v) is 21.8. The number of cyclic esters (lactones) is 1. The highest BCUT2D eigenvalue weighted by Gasteiger charge is 2.49. The van der Waals surface area contributed by atoms with Gasteiger partial charge in [0.1, 0.15) is 11.4 Å². The van der Waals surface area contributed by atoms with Crippen LogP contribution < -0.4 is 0 Å². The van der Waals surface area contributed by atoms with E-state index in [2.05, 4.69) is 20.8 Å². The van der Waals surface area contributed by atoms with Gasteiger partial charge in [0.25, 0.3) is 0 Å². The second-order valence-corrected chi connectivity index (χ2v) is 12.7. The average Bonchev–Trinajstić information content (AvgIpc) is 3.05. The Hall–Kier alpha value is -1.70. The number of Topliss-reactive ketones (excluding diaryl/α,β-unsaturated/α-hetero) is 1. The molecule has 2 aromatic rings. The van der Waals surface area contributed by atoms with Crippen LogP contribution in [0.1, 0.15) is 69.0 Å². The molecule has 0 saturated carbocycles. The van der Waals surface area contributed by atoms with Crippen molar-refractivity contribution in [3.8, 4) is 0 Å². The average molecular weight is 493 g/mol. The number of esters is 1. The zero-order valence-electron chi connectivity index (χ0n) is 20.2. The Balaban J connectivity index is 1.82. The minimum Gasteiger partial charge on any atom is -0.457 e. The van der Waals surface area contributed by atoms with Crippen molar-refractivity contribution in [2.45, 2.75) is 87.9 Å². The van der Waals surface area contributed by atoms with Gasteiger partial charge in [0.2, 0.25) is 0 Å². The lowest BCUT2D eigenvalue weighted by Crippen LogP contribution is -2.52. The number of aryl methyl sites for hydroxylation is 2. The van der Waals surface area contributed by atoms with E-state index in [1.807, 2.05) is 20.8 Å². The Labute approximate surface area is 203 Å². The molecule has 7 heteroatoms. The number of benzene rings is 1. The molecule has 0 spiro atoms. The van der Waals surface area contributed by atoms with Crippen molar-refractivity contribution in [3.63, 3.8) is 0 Å². The van der Waals surface area contributed by atoms with E-state index in [1.54, 1.807) is 12.1 Å². The number of aliphatic hydroxyl groups excluding tert-OH is 1. The topological polar surface area (TPSA) is 63.6 Å². The predicted octanol–water partition coefficient (Wildman–Crippen LogP) is 5.99. The fourth-order valence-electron chi connectivity index (χ4n) is 4.37. The van der Waals surface area contributed by atoms with Gasteiger partial charge in [0.15, 0.2) is 11.0 Å². The Morgan fingerprint density at radius 3 is 2.39 bits per heavy atom. The Morgan fingerprint density at radius 1 is 1.24 bits per heavy atom. The molecule has 1 saturated heterocycles. The molecule has 4 nitrogen and oxygen atoms in total. The van der Waals surface area contributed by atoms with E-state index in [1.165, 1.54) is 35.2 Å².